The van der Waals surface area contributed by atoms with Crippen LogP contribution in [0.3, 0.4) is 0 Å². The van der Waals surface area contributed by atoms with E-state index in [0.717, 1.165) is 41.3 Å². The minimum Gasteiger partial charge on any atom is -0.473 e. The highest BCUT2D eigenvalue weighted by atomic mass is 16.6. The van der Waals surface area contributed by atoms with Crippen LogP contribution in [-0.4, -0.2) is 13.1 Å². The number of hydrogen-bond donors (Lipinski definition) is 0. The normalized spacial score (nSPS) is 14.4. The van der Waals surface area contributed by atoms with Gasteiger partial charge in [-0.15, -0.1) is 0 Å². The van der Waals surface area contributed by atoms with Crippen LogP contribution >= 0.6 is 0 Å². The maximum absolute atomic E-state index is 12.5. The first-order chi connectivity index (χ1) is 13.6. The SMILES string of the molecule is COC(=O)C(Oc1cc(C)cc2oc(=O)c3c(c12)CCCC3)c1ccccc1. The first-order valence-electron chi connectivity index (χ1n) is 9.47. The van der Waals surface area contributed by atoms with Gasteiger partial charge >= 0.3 is 11.6 Å². The zero-order valence-electron chi connectivity index (χ0n) is 16.0. The predicted molar refractivity (Wildman–Crippen MR) is 106 cm³/mol. The number of benzene rings is 2. The van der Waals surface area contributed by atoms with Crippen LogP contribution in [0.1, 0.15) is 41.2 Å². The lowest BCUT2D eigenvalue weighted by molar-refractivity contribution is -0.149. The number of ether oxygens (including phenoxy) is 2. The summed E-state index contributed by atoms with van der Waals surface area (Å²) in [5.74, 6) is 0.0586. The van der Waals surface area contributed by atoms with E-state index in [2.05, 4.69) is 0 Å². The third-order valence-electron chi connectivity index (χ3n) is 5.19. The summed E-state index contributed by atoms with van der Waals surface area (Å²) in [6.07, 6.45) is 2.59. The smallest absolute Gasteiger partial charge is 0.351 e. The van der Waals surface area contributed by atoms with Crippen LogP contribution in [0.4, 0.5) is 0 Å². The van der Waals surface area contributed by atoms with Gasteiger partial charge in [0.05, 0.1) is 12.5 Å². The lowest BCUT2D eigenvalue weighted by Crippen LogP contribution is -2.21. The van der Waals surface area contributed by atoms with Gasteiger partial charge in [0.1, 0.15) is 11.3 Å². The standard InChI is InChI=1S/C23H22O5/c1-14-12-18(27-21(23(25)26-2)15-8-4-3-5-9-15)20-16-10-6-7-11-17(16)22(24)28-19(20)13-14/h3-5,8-9,12-13,21H,6-7,10-11H2,1-2H3. The summed E-state index contributed by atoms with van der Waals surface area (Å²) < 4.78 is 16.8. The van der Waals surface area contributed by atoms with Gasteiger partial charge in [-0.1, -0.05) is 30.3 Å². The number of fused-ring (bicyclic) bond motifs is 3. The molecular formula is C23H22O5. The molecule has 2 aromatic carbocycles. The monoisotopic (exact) mass is 378 g/mol. The Morgan fingerprint density at radius 3 is 2.50 bits per heavy atom. The minimum absolute atomic E-state index is 0.272. The molecule has 0 bridgehead atoms. The summed E-state index contributed by atoms with van der Waals surface area (Å²) in [4.78, 5) is 24.9. The van der Waals surface area contributed by atoms with Crippen molar-refractivity contribution in [2.75, 3.05) is 7.11 Å². The molecular weight excluding hydrogens is 356 g/mol. The third kappa shape index (κ3) is 3.28. The highest BCUT2D eigenvalue weighted by Gasteiger charge is 2.27. The van der Waals surface area contributed by atoms with Crippen molar-refractivity contribution in [2.45, 2.75) is 38.7 Å². The number of hydrogen-bond acceptors (Lipinski definition) is 5. The van der Waals surface area contributed by atoms with Gasteiger partial charge < -0.3 is 13.9 Å². The Labute approximate surface area is 162 Å². The second kappa shape index (κ2) is 7.50. The van der Waals surface area contributed by atoms with Crippen molar-refractivity contribution >= 4 is 16.9 Å². The summed E-state index contributed by atoms with van der Waals surface area (Å²) in [5.41, 5.74) is 3.52. The molecule has 0 radical (unpaired) electrons. The van der Waals surface area contributed by atoms with E-state index >= 15 is 0 Å². The number of methoxy groups -OCH3 is 1. The Bertz CT molecular complexity index is 1080. The Balaban J connectivity index is 1.90. The van der Waals surface area contributed by atoms with Gasteiger partial charge in [-0.25, -0.2) is 9.59 Å². The zero-order chi connectivity index (χ0) is 19.7. The predicted octanol–water partition coefficient (Wildman–Crippen LogP) is 4.27. The van der Waals surface area contributed by atoms with E-state index in [1.165, 1.54) is 7.11 Å². The fourth-order valence-corrected chi connectivity index (χ4v) is 3.87. The molecule has 0 saturated carbocycles. The van der Waals surface area contributed by atoms with Crippen LogP contribution in [0, 0.1) is 6.92 Å². The molecule has 1 heterocycles. The van der Waals surface area contributed by atoms with Crippen molar-refractivity contribution in [3.63, 3.8) is 0 Å². The number of esters is 1. The number of rotatable bonds is 4. The Hall–Kier alpha value is -3.08. The molecule has 28 heavy (non-hydrogen) atoms. The van der Waals surface area contributed by atoms with Gasteiger partial charge in [-0.3, -0.25) is 0 Å². The molecule has 0 fully saturated rings. The lowest BCUT2D eigenvalue weighted by atomic mass is 9.90. The number of aryl methyl sites for hydroxylation is 2. The Morgan fingerprint density at radius 2 is 1.79 bits per heavy atom. The van der Waals surface area contributed by atoms with Crippen molar-refractivity contribution < 1.29 is 18.7 Å². The molecule has 5 nitrogen and oxygen atoms in total. The van der Waals surface area contributed by atoms with E-state index in [-0.39, 0.29) is 5.63 Å². The summed E-state index contributed by atoms with van der Waals surface area (Å²) in [7, 11) is 1.34. The van der Waals surface area contributed by atoms with Gasteiger partial charge in [-0.05, 0) is 55.9 Å². The Morgan fingerprint density at radius 1 is 1.07 bits per heavy atom. The number of carbonyl (C=O) groups is 1. The van der Waals surface area contributed by atoms with Crippen molar-refractivity contribution in [3.05, 3.63) is 75.1 Å². The molecule has 1 aliphatic carbocycles. The van der Waals surface area contributed by atoms with Crippen LogP contribution < -0.4 is 10.4 Å². The van der Waals surface area contributed by atoms with Gasteiger partial charge in [0, 0.05) is 11.1 Å². The van der Waals surface area contributed by atoms with E-state index in [9.17, 15) is 9.59 Å². The summed E-state index contributed by atoms with van der Waals surface area (Å²) in [6, 6.07) is 13.0. The summed E-state index contributed by atoms with van der Waals surface area (Å²) in [6.45, 7) is 1.90. The van der Waals surface area contributed by atoms with E-state index in [1.807, 2.05) is 49.4 Å². The van der Waals surface area contributed by atoms with E-state index in [4.69, 9.17) is 13.9 Å². The molecule has 5 heteroatoms. The minimum atomic E-state index is -0.901. The molecule has 1 aliphatic rings. The first kappa shape index (κ1) is 18.3. The summed E-state index contributed by atoms with van der Waals surface area (Å²) in [5, 5.41) is 0.782. The van der Waals surface area contributed by atoms with Crippen LogP contribution in [0.2, 0.25) is 0 Å². The first-order valence-corrected chi connectivity index (χ1v) is 9.47. The average molecular weight is 378 g/mol. The molecule has 1 unspecified atom stereocenters. The maximum atomic E-state index is 12.5. The van der Waals surface area contributed by atoms with E-state index in [0.29, 0.717) is 23.3 Å². The van der Waals surface area contributed by atoms with Crippen molar-refractivity contribution in [3.8, 4) is 5.75 Å². The van der Waals surface area contributed by atoms with E-state index < -0.39 is 12.1 Å². The molecule has 144 valence electrons. The van der Waals surface area contributed by atoms with Crippen molar-refractivity contribution in [1.29, 1.82) is 0 Å². The highest BCUT2D eigenvalue weighted by molar-refractivity contribution is 5.89. The van der Waals surface area contributed by atoms with E-state index in [1.54, 1.807) is 0 Å². The maximum Gasteiger partial charge on any atom is 0.351 e. The van der Waals surface area contributed by atoms with Crippen LogP contribution in [0.5, 0.6) is 5.75 Å². The fourth-order valence-electron chi connectivity index (χ4n) is 3.87. The van der Waals surface area contributed by atoms with Crippen LogP contribution in [0.25, 0.3) is 11.0 Å². The van der Waals surface area contributed by atoms with Crippen LogP contribution in [0.15, 0.2) is 51.7 Å². The number of carbonyl (C=O) groups excluding carboxylic acids is 1. The molecule has 0 amide bonds. The van der Waals surface area contributed by atoms with Gasteiger partial charge in [-0.2, -0.15) is 0 Å². The molecule has 0 spiro atoms. The molecule has 4 rings (SSSR count). The van der Waals surface area contributed by atoms with Gasteiger partial charge in [0.15, 0.2) is 0 Å². The molecule has 0 aliphatic heterocycles. The molecule has 0 N–H and O–H groups in total. The third-order valence-corrected chi connectivity index (χ3v) is 5.19. The fraction of sp³-hybridized carbons (Fsp3) is 0.304. The van der Waals surface area contributed by atoms with Crippen molar-refractivity contribution in [1.82, 2.24) is 0 Å². The summed E-state index contributed by atoms with van der Waals surface area (Å²) >= 11 is 0. The zero-order valence-corrected chi connectivity index (χ0v) is 16.0. The molecule has 3 aromatic rings. The lowest BCUT2D eigenvalue weighted by Gasteiger charge is -2.22. The van der Waals surface area contributed by atoms with Gasteiger partial charge in [0.2, 0.25) is 6.10 Å². The second-order valence-electron chi connectivity index (χ2n) is 7.12. The second-order valence-corrected chi connectivity index (χ2v) is 7.12. The highest BCUT2D eigenvalue weighted by Crippen LogP contribution is 2.36. The molecule has 0 saturated heterocycles. The molecule has 1 atom stereocenters. The topological polar surface area (TPSA) is 65.7 Å². The molecule has 1 aromatic heterocycles. The van der Waals surface area contributed by atoms with Gasteiger partial charge in [0.25, 0.3) is 0 Å². The van der Waals surface area contributed by atoms with Crippen LogP contribution in [-0.2, 0) is 22.4 Å². The quantitative estimate of drug-likeness (QED) is 0.501. The largest absolute Gasteiger partial charge is 0.473 e. The van der Waals surface area contributed by atoms with Crippen molar-refractivity contribution in [2.24, 2.45) is 0 Å². The Kier molecular flexibility index (Phi) is 4.90. The average Bonchev–Trinajstić information content (AvgIpc) is 2.71.